The average molecular weight is 666 g/mol. The van der Waals surface area contributed by atoms with Crippen molar-refractivity contribution in [1.29, 1.82) is 0 Å². The van der Waals surface area contributed by atoms with Crippen LogP contribution < -0.4 is 14.0 Å². The van der Waals surface area contributed by atoms with Gasteiger partial charge in [-0.3, -0.25) is 14.1 Å². The lowest BCUT2D eigenvalue weighted by atomic mass is 9.95. The van der Waals surface area contributed by atoms with Crippen LogP contribution in [0.2, 0.25) is 0 Å². The van der Waals surface area contributed by atoms with Crippen molar-refractivity contribution in [2.24, 2.45) is 5.92 Å². The van der Waals surface area contributed by atoms with E-state index in [9.17, 15) is 9.18 Å². The zero-order chi connectivity index (χ0) is 26.5. The van der Waals surface area contributed by atoms with Crippen LogP contribution in [0.1, 0.15) is 35.9 Å². The molecule has 2 atom stereocenters. The van der Waals surface area contributed by atoms with E-state index in [1.807, 2.05) is 55.5 Å². The number of thiophene rings is 1. The Morgan fingerprint density at radius 1 is 1.13 bits per heavy atom. The number of Topliss-reactive ketones (excluding diaryl/α,β-unsaturated/α-hetero) is 1. The summed E-state index contributed by atoms with van der Waals surface area (Å²) in [6.45, 7) is 5.14. The van der Waals surface area contributed by atoms with Gasteiger partial charge in [-0.2, -0.15) is 0 Å². The minimum atomic E-state index is -0.243. The molecule has 5 rings (SSSR count). The van der Waals surface area contributed by atoms with E-state index in [2.05, 4.69) is 33.0 Å². The maximum absolute atomic E-state index is 13.7. The number of likely N-dealkylation sites (tertiary alicyclic amines) is 1. The number of carbonyl (C=O) groups excluding carboxylic acids is 1. The van der Waals surface area contributed by atoms with Gasteiger partial charge in [0.2, 0.25) is 5.78 Å². The minimum absolute atomic E-state index is 0.00949. The van der Waals surface area contributed by atoms with Crippen LogP contribution in [0.5, 0.6) is 23.0 Å². The summed E-state index contributed by atoms with van der Waals surface area (Å²) in [6.07, 6.45) is 6.90. The fourth-order valence-electron chi connectivity index (χ4n) is 4.86. The van der Waals surface area contributed by atoms with Gasteiger partial charge < -0.3 is 14.0 Å². The molecule has 2 unspecified atom stereocenters. The lowest BCUT2D eigenvalue weighted by molar-refractivity contribution is 0.103. The highest BCUT2D eigenvalue weighted by Gasteiger charge is 2.25. The van der Waals surface area contributed by atoms with Crippen LogP contribution in [0.25, 0.3) is 10.1 Å². The third kappa shape index (κ3) is 6.41. The van der Waals surface area contributed by atoms with Gasteiger partial charge in [-0.05, 0) is 103 Å². The first-order valence-corrected chi connectivity index (χ1v) is 17.6. The van der Waals surface area contributed by atoms with Crippen LogP contribution in [-0.2, 0) is 0 Å². The van der Waals surface area contributed by atoms with Crippen LogP contribution >= 0.6 is 39.8 Å². The van der Waals surface area contributed by atoms with E-state index in [4.69, 9.17) is 14.0 Å². The average Bonchev–Trinajstić information content (AvgIpc) is 3.54. The summed E-state index contributed by atoms with van der Waals surface area (Å²) in [5.74, 6) is 2.89. The lowest BCUT2D eigenvalue weighted by Crippen LogP contribution is -2.26. The highest BCUT2D eigenvalue weighted by atomic mass is 127. The summed E-state index contributed by atoms with van der Waals surface area (Å²) in [5, 5.41) is 0.887. The zero-order valence-corrected chi connectivity index (χ0v) is 25.1. The second kappa shape index (κ2) is 12.9. The number of hydrogen-bond donors (Lipinski definition) is 0. The zero-order valence-electron chi connectivity index (χ0n) is 21.2. The molecule has 5 nitrogen and oxygen atoms in total. The molecule has 0 amide bonds. The fourth-order valence-corrected chi connectivity index (χ4v) is 6.95. The molecule has 1 fully saturated rings. The van der Waals surface area contributed by atoms with Crippen molar-refractivity contribution in [3.8, 4) is 23.0 Å². The molecule has 0 N–H and O–H groups in total. The summed E-state index contributed by atoms with van der Waals surface area (Å²) in [6, 6.07) is 13.3. The van der Waals surface area contributed by atoms with Gasteiger partial charge in [0.1, 0.15) is 35.2 Å². The summed E-state index contributed by atoms with van der Waals surface area (Å²) in [5.41, 5.74) is 1.76. The quantitative estimate of drug-likeness (QED) is 0.117. The predicted octanol–water partition coefficient (Wildman–Crippen LogP) is 8.54. The summed E-state index contributed by atoms with van der Waals surface area (Å²) in [4.78, 5) is 16.5. The van der Waals surface area contributed by atoms with E-state index in [0.717, 1.165) is 71.6 Å². The molecule has 0 bridgehead atoms. The first-order valence-electron chi connectivity index (χ1n) is 12.8. The molecule has 1 aliphatic carbocycles. The number of ether oxygens (including phenoxy) is 2. The first kappa shape index (κ1) is 27.6. The van der Waals surface area contributed by atoms with Gasteiger partial charge in [-0.15, -0.1) is 11.3 Å². The van der Waals surface area contributed by atoms with Crippen LogP contribution in [0.15, 0.2) is 65.8 Å². The molecule has 38 heavy (non-hydrogen) atoms. The second-order valence-corrected chi connectivity index (χ2v) is 12.3. The third-order valence-electron chi connectivity index (χ3n) is 6.92. The SMILES string of the molecule is CC1=CCCC=C1C(=O)c1sc2cc(OPI)ccc2c1Oc1ccc(OCCN2CCC(CF)C2)cc1. The molecule has 1 aliphatic heterocycles. The maximum atomic E-state index is 13.7. The number of rotatable bonds is 11. The van der Waals surface area contributed by atoms with Crippen LogP contribution in [0.4, 0.5) is 4.39 Å². The number of allylic oxidation sites excluding steroid dienone is 4. The fraction of sp³-hybridized carbons (Fsp3) is 0.345. The summed E-state index contributed by atoms with van der Waals surface area (Å²) >= 11 is 3.64. The van der Waals surface area contributed by atoms with E-state index in [1.165, 1.54) is 11.3 Å². The topological polar surface area (TPSA) is 48.0 Å². The molecule has 9 heteroatoms. The molecule has 0 spiro atoms. The molecule has 3 aromatic rings. The number of halogens is 2. The monoisotopic (exact) mass is 665 g/mol. The summed E-state index contributed by atoms with van der Waals surface area (Å²) < 4.78 is 31.8. The van der Waals surface area contributed by atoms with E-state index in [-0.39, 0.29) is 18.4 Å². The number of benzene rings is 2. The molecule has 1 aromatic heterocycles. The Labute approximate surface area is 241 Å². The van der Waals surface area contributed by atoms with Gasteiger partial charge in [0, 0.05) is 34.7 Å². The number of hydrogen-bond acceptors (Lipinski definition) is 6. The number of nitrogens with zero attached hydrogens (tertiary/aromatic N) is 1. The molecule has 200 valence electrons. The molecule has 2 aliphatic rings. The molecule has 0 saturated carbocycles. The standard InChI is InChI=1S/C29H30FINO4PS/c1-19-4-2-3-5-24(19)27(33)29-28(25-11-10-23(36-37-31)16-26(25)38-29)35-22-8-6-21(7-9-22)34-15-14-32-13-12-20(17-30)18-32/h4-11,16,20,37H,2-3,12-15,17-18H2,1H3. The van der Waals surface area contributed by atoms with E-state index >= 15 is 0 Å². The van der Waals surface area contributed by atoms with Crippen molar-refractivity contribution in [2.75, 3.05) is 32.9 Å². The van der Waals surface area contributed by atoms with Gasteiger partial charge in [0.05, 0.1) is 6.67 Å². The number of alkyl halides is 1. The van der Waals surface area contributed by atoms with Crippen LogP contribution in [0.3, 0.4) is 0 Å². The van der Waals surface area contributed by atoms with E-state index < -0.39 is 0 Å². The van der Waals surface area contributed by atoms with Gasteiger partial charge in [0.25, 0.3) is 0 Å². The van der Waals surface area contributed by atoms with Gasteiger partial charge in [-0.25, -0.2) is 0 Å². The van der Waals surface area contributed by atoms with Crippen molar-refractivity contribution in [3.63, 3.8) is 0 Å². The molecule has 2 heterocycles. The van der Waals surface area contributed by atoms with Crippen molar-refractivity contribution in [2.45, 2.75) is 26.2 Å². The van der Waals surface area contributed by atoms with Gasteiger partial charge in [0.15, 0.2) is 5.75 Å². The normalized spacial score (nSPS) is 18.1. The number of ketones is 1. The maximum Gasteiger partial charge on any atom is 0.206 e. The van der Waals surface area contributed by atoms with Gasteiger partial charge >= 0.3 is 0 Å². The molecule has 0 radical (unpaired) electrons. The highest BCUT2D eigenvalue weighted by Crippen LogP contribution is 2.44. The number of carbonyl (C=O) groups is 1. The van der Waals surface area contributed by atoms with E-state index in [0.29, 0.717) is 29.4 Å². The highest BCUT2D eigenvalue weighted by molar-refractivity contribution is 14.2. The smallest absolute Gasteiger partial charge is 0.206 e. The van der Waals surface area contributed by atoms with Crippen molar-refractivity contribution >= 4 is 55.7 Å². The first-order chi connectivity index (χ1) is 18.6. The Morgan fingerprint density at radius 3 is 2.63 bits per heavy atom. The Hall–Kier alpha value is -2.00. The van der Waals surface area contributed by atoms with Crippen molar-refractivity contribution < 1.29 is 23.2 Å². The molecular formula is C29H30FINO4PS. The minimum Gasteiger partial charge on any atom is -0.492 e. The molecule has 2 aromatic carbocycles. The van der Waals surface area contributed by atoms with Crippen LogP contribution in [-0.4, -0.2) is 43.6 Å². The Morgan fingerprint density at radius 2 is 1.89 bits per heavy atom. The largest absolute Gasteiger partial charge is 0.492 e. The molecule has 1 saturated heterocycles. The van der Waals surface area contributed by atoms with Crippen molar-refractivity contribution in [1.82, 2.24) is 4.90 Å². The van der Waals surface area contributed by atoms with Crippen LogP contribution in [0, 0.1) is 5.92 Å². The van der Waals surface area contributed by atoms with E-state index in [1.54, 1.807) is 0 Å². The number of fused-ring (bicyclic) bond motifs is 1. The predicted molar refractivity (Wildman–Crippen MR) is 163 cm³/mol. The Balaban J connectivity index is 1.33. The molecular weight excluding hydrogens is 635 g/mol. The second-order valence-electron chi connectivity index (χ2n) is 9.54. The summed E-state index contributed by atoms with van der Waals surface area (Å²) in [7, 11) is 0. The Bertz CT molecular complexity index is 1360. The Kier molecular flexibility index (Phi) is 9.36. The van der Waals surface area contributed by atoms with Gasteiger partial charge in [-0.1, -0.05) is 12.2 Å². The van der Waals surface area contributed by atoms with Crippen molar-refractivity contribution in [3.05, 3.63) is 70.6 Å². The lowest BCUT2D eigenvalue weighted by Gasteiger charge is -2.16. The third-order valence-corrected chi connectivity index (χ3v) is 9.03.